The second kappa shape index (κ2) is 6.70. The monoisotopic (exact) mass is 342 g/mol. The lowest BCUT2D eigenvalue weighted by Crippen LogP contribution is -2.47. The third-order valence-electron chi connectivity index (χ3n) is 5.75. The number of carbonyl (C=O) groups is 2. The molecular formula is C20H26N2O3. The molecule has 4 rings (SSSR count). The van der Waals surface area contributed by atoms with Crippen molar-refractivity contribution in [2.75, 3.05) is 20.2 Å². The quantitative estimate of drug-likeness (QED) is 0.893. The number of piperidine rings is 1. The minimum absolute atomic E-state index is 0.0578. The number of ether oxygens (including phenoxy) is 1. The molecule has 2 unspecified atom stereocenters. The third kappa shape index (κ3) is 3.51. The van der Waals surface area contributed by atoms with Gasteiger partial charge in [0.1, 0.15) is 5.75 Å². The molecular weight excluding hydrogens is 316 g/mol. The zero-order valence-corrected chi connectivity index (χ0v) is 14.7. The van der Waals surface area contributed by atoms with Crippen LogP contribution in [0.15, 0.2) is 24.3 Å². The van der Waals surface area contributed by atoms with Crippen molar-refractivity contribution in [3.8, 4) is 5.75 Å². The normalized spacial score (nSPS) is 26.2. The molecule has 0 radical (unpaired) electrons. The number of nitrogens with zero attached hydrogens (tertiary/aromatic N) is 1. The van der Waals surface area contributed by atoms with E-state index in [0.29, 0.717) is 11.8 Å². The number of rotatable bonds is 5. The van der Waals surface area contributed by atoms with E-state index in [-0.39, 0.29) is 23.8 Å². The van der Waals surface area contributed by atoms with E-state index in [1.807, 2.05) is 23.1 Å². The van der Waals surface area contributed by atoms with E-state index in [2.05, 4.69) is 11.4 Å². The Labute approximate surface area is 148 Å². The van der Waals surface area contributed by atoms with E-state index in [9.17, 15) is 9.59 Å². The number of nitrogens with one attached hydrogen (secondary N) is 1. The predicted molar refractivity (Wildman–Crippen MR) is 94.3 cm³/mol. The minimum Gasteiger partial charge on any atom is -0.496 e. The van der Waals surface area contributed by atoms with Crippen molar-refractivity contribution in [2.45, 2.75) is 44.1 Å². The maximum atomic E-state index is 12.6. The van der Waals surface area contributed by atoms with Gasteiger partial charge in [0.2, 0.25) is 11.8 Å². The highest BCUT2D eigenvalue weighted by Gasteiger charge is 2.46. The fourth-order valence-electron chi connectivity index (χ4n) is 3.94. The summed E-state index contributed by atoms with van der Waals surface area (Å²) in [6, 6.07) is 8.16. The lowest BCUT2D eigenvalue weighted by Gasteiger charge is -2.32. The molecule has 3 fully saturated rings. The van der Waals surface area contributed by atoms with Gasteiger partial charge in [-0.3, -0.25) is 9.59 Å². The van der Waals surface area contributed by atoms with Gasteiger partial charge in [-0.1, -0.05) is 18.2 Å². The van der Waals surface area contributed by atoms with Crippen molar-refractivity contribution in [3.05, 3.63) is 29.8 Å². The highest BCUT2D eigenvalue weighted by molar-refractivity contribution is 5.83. The third-order valence-corrected chi connectivity index (χ3v) is 5.75. The summed E-state index contributed by atoms with van der Waals surface area (Å²) >= 11 is 0. The zero-order valence-electron chi connectivity index (χ0n) is 14.7. The van der Waals surface area contributed by atoms with Gasteiger partial charge in [-0.2, -0.15) is 0 Å². The molecule has 2 saturated carbocycles. The Bertz CT molecular complexity index is 663. The molecule has 0 bridgehead atoms. The molecule has 1 aromatic rings. The van der Waals surface area contributed by atoms with Crippen LogP contribution in [0.4, 0.5) is 0 Å². The summed E-state index contributed by atoms with van der Waals surface area (Å²) in [4.78, 5) is 26.6. The first-order chi connectivity index (χ1) is 12.2. The first kappa shape index (κ1) is 16.4. The predicted octanol–water partition coefficient (Wildman–Crippen LogP) is 2.32. The van der Waals surface area contributed by atoms with E-state index in [1.165, 1.54) is 0 Å². The highest BCUT2D eigenvalue weighted by Crippen LogP contribution is 2.50. The Morgan fingerprint density at radius 1 is 1.12 bits per heavy atom. The summed E-state index contributed by atoms with van der Waals surface area (Å²) in [6.45, 7) is 1.56. The molecule has 1 aliphatic heterocycles. The van der Waals surface area contributed by atoms with Gasteiger partial charge in [0.15, 0.2) is 0 Å². The second-order valence-electron chi connectivity index (χ2n) is 7.57. The summed E-state index contributed by atoms with van der Waals surface area (Å²) in [5.41, 5.74) is 1.13. The van der Waals surface area contributed by atoms with Crippen molar-refractivity contribution < 1.29 is 14.3 Å². The highest BCUT2D eigenvalue weighted by atomic mass is 16.5. The van der Waals surface area contributed by atoms with Gasteiger partial charge in [0.05, 0.1) is 7.11 Å². The number of benzene rings is 1. The summed E-state index contributed by atoms with van der Waals surface area (Å²) in [7, 11) is 1.67. The average molecular weight is 342 g/mol. The number of carbonyl (C=O) groups excluding carboxylic acids is 2. The van der Waals surface area contributed by atoms with Crippen molar-refractivity contribution in [3.63, 3.8) is 0 Å². The summed E-state index contributed by atoms with van der Waals surface area (Å²) in [5.74, 6) is 1.97. The number of amides is 2. The molecule has 0 aromatic heterocycles. The summed E-state index contributed by atoms with van der Waals surface area (Å²) in [5, 5.41) is 3.20. The van der Waals surface area contributed by atoms with Gasteiger partial charge < -0.3 is 15.0 Å². The average Bonchev–Trinajstić information content (AvgIpc) is 3.55. The van der Waals surface area contributed by atoms with Crippen LogP contribution in [0.3, 0.4) is 0 Å². The molecule has 25 heavy (non-hydrogen) atoms. The topological polar surface area (TPSA) is 58.6 Å². The first-order valence-electron chi connectivity index (χ1n) is 9.39. The van der Waals surface area contributed by atoms with Crippen LogP contribution in [0, 0.1) is 11.8 Å². The van der Waals surface area contributed by atoms with Gasteiger partial charge >= 0.3 is 0 Å². The molecule has 2 amide bonds. The molecule has 0 spiro atoms. The van der Waals surface area contributed by atoms with E-state index in [1.54, 1.807) is 7.11 Å². The van der Waals surface area contributed by atoms with E-state index in [0.717, 1.165) is 56.5 Å². The number of methoxy groups -OCH3 is 1. The molecule has 2 atom stereocenters. The SMILES string of the molecule is COc1ccccc1C1CC1C(=O)NC1CCN(C(=O)C2CC2)CC1. The Morgan fingerprint density at radius 2 is 1.84 bits per heavy atom. The fourth-order valence-corrected chi connectivity index (χ4v) is 3.94. The first-order valence-corrected chi connectivity index (χ1v) is 9.39. The van der Waals surface area contributed by atoms with Gasteiger partial charge in [-0.25, -0.2) is 0 Å². The fraction of sp³-hybridized carbons (Fsp3) is 0.600. The van der Waals surface area contributed by atoms with Gasteiger partial charge in [0.25, 0.3) is 0 Å². The standard InChI is InChI=1S/C20H26N2O3/c1-25-18-5-3-2-4-15(18)16-12-17(16)19(23)21-14-8-10-22(11-9-14)20(24)13-6-7-13/h2-5,13-14,16-17H,6-12H2,1H3,(H,21,23). The molecule has 1 heterocycles. The molecule has 5 heteroatoms. The summed E-state index contributed by atoms with van der Waals surface area (Å²) in [6.07, 6.45) is 4.75. The molecule has 134 valence electrons. The molecule has 1 aromatic carbocycles. The van der Waals surface area contributed by atoms with Crippen LogP contribution in [-0.4, -0.2) is 43.0 Å². The molecule has 1 saturated heterocycles. The summed E-state index contributed by atoms with van der Waals surface area (Å²) < 4.78 is 5.41. The Kier molecular flexibility index (Phi) is 4.40. The Hall–Kier alpha value is -2.04. The maximum absolute atomic E-state index is 12.6. The second-order valence-corrected chi connectivity index (χ2v) is 7.57. The Balaban J connectivity index is 1.27. The number of para-hydroxylation sites is 1. The lowest BCUT2D eigenvalue weighted by atomic mass is 10.0. The molecule has 2 aliphatic carbocycles. The van der Waals surface area contributed by atoms with Crippen LogP contribution in [0.5, 0.6) is 5.75 Å². The zero-order chi connectivity index (χ0) is 17.4. The Morgan fingerprint density at radius 3 is 2.52 bits per heavy atom. The largest absolute Gasteiger partial charge is 0.496 e. The number of hydrogen-bond donors (Lipinski definition) is 1. The van der Waals surface area contributed by atoms with E-state index < -0.39 is 0 Å². The molecule has 5 nitrogen and oxygen atoms in total. The minimum atomic E-state index is 0.0578. The van der Waals surface area contributed by atoms with Crippen molar-refractivity contribution in [2.24, 2.45) is 11.8 Å². The van der Waals surface area contributed by atoms with Crippen LogP contribution in [-0.2, 0) is 9.59 Å². The van der Waals surface area contributed by atoms with Crippen LogP contribution in [0.1, 0.15) is 43.6 Å². The van der Waals surface area contributed by atoms with Crippen LogP contribution in [0.25, 0.3) is 0 Å². The van der Waals surface area contributed by atoms with E-state index in [4.69, 9.17) is 4.74 Å². The lowest BCUT2D eigenvalue weighted by molar-refractivity contribution is -0.133. The van der Waals surface area contributed by atoms with Crippen molar-refractivity contribution >= 4 is 11.8 Å². The molecule has 1 N–H and O–H groups in total. The van der Waals surface area contributed by atoms with Crippen LogP contribution in [0.2, 0.25) is 0 Å². The van der Waals surface area contributed by atoms with Crippen LogP contribution >= 0.6 is 0 Å². The van der Waals surface area contributed by atoms with Gasteiger partial charge in [0, 0.05) is 31.0 Å². The number of hydrogen-bond acceptors (Lipinski definition) is 3. The van der Waals surface area contributed by atoms with Crippen molar-refractivity contribution in [1.29, 1.82) is 0 Å². The van der Waals surface area contributed by atoms with Gasteiger partial charge in [-0.15, -0.1) is 0 Å². The maximum Gasteiger partial charge on any atom is 0.225 e. The van der Waals surface area contributed by atoms with E-state index >= 15 is 0 Å². The molecule has 3 aliphatic rings. The van der Waals surface area contributed by atoms with Crippen molar-refractivity contribution in [1.82, 2.24) is 10.2 Å². The van der Waals surface area contributed by atoms with Gasteiger partial charge in [-0.05, 0) is 49.7 Å². The number of likely N-dealkylation sites (tertiary alicyclic amines) is 1. The van der Waals surface area contributed by atoms with Crippen LogP contribution < -0.4 is 10.1 Å². The smallest absolute Gasteiger partial charge is 0.225 e.